The molecule has 0 atom stereocenters. The monoisotopic (exact) mass is 569 g/mol. The fraction of sp³-hybridized carbons (Fsp3) is 0.433. The fourth-order valence-corrected chi connectivity index (χ4v) is 5.86. The van der Waals surface area contributed by atoms with Crippen LogP contribution in [0.3, 0.4) is 0 Å². The van der Waals surface area contributed by atoms with Gasteiger partial charge in [-0.3, -0.25) is 14.7 Å². The molecule has 2 aliphatic rings. The molecule has 12 heteroatoms. The Bertz CT molecular complexity index is 1530. The van der Waals surface area contributed by atoms with Crippen molar-refractivity contribution in [3.05, 3.63) is 48.7 Å². The van der Waals surface area contributed by atoms with Crippen LogP contribution < -0.4 is 21.3 Å². The maximum atomic E-state index is 12.6. The van der Waals surface area contributed by atoms with Gasteiger partial charge in [-0.2, -0.15) is 0 Å². The molecule has 1 aromatic carbocycles. The minimum absolute atomic E-state index is 0.0434. The summed E-state index contributed by atoms with van der Waals surface area (Å²) in [5.74, 6) is 0.122. The Labute approximate surface area is 245 Å². The lowest BCUT2D eigenvalue weighted by molar-refractivity contribution is 0.0982. The van der Waals surface area contributed by atoms with Crippen LogP contribution in [0.2, 0.25) is 0 Å². The second kappa shape index (κ2) is 11.9. The van der Waals surface area contributed by atoms with Crippen molar-refractivity contribution < 1.29 is 4.79 Å². The van der Waals surface area contributed by atoms with E-state index in [2.05, 4.69) is 59.5 Å². The van der Waals surface area contributed by atoms with Gasteiger partial charge in [0.1, 0.15) is 11.2 Å². The molecule has 2 saturated heterocycles. The number of nitrogens with one attached hydrogen (secondary N) is 3. The van der Waals surface area contributed by atoms with Gasteiger partial charge in [0.2, 0.25) is 0 Å². The molecule has 4 aromatic rings. The van der Waals surface area contributed by atoms with Crippen molar-refractivity contribution in [1.82, 2.24) is 34.7 Å². The summed E-state index contributed by atoms with van der Waals surface area (Å²) in [6.45, 7) is 10.8. The number of H-pyrrole nitrogens is 1. The number of piperidine rings is 1. The van der Waals surface area contributed by atoms with Crippen molar-refractivity contribution in [2.24, 2.45) is 5.73 Å². The molecule has 0 spiro atoms. The lowest BCUT2D eigenvalue weighted by atomic mass is 10.0. The number of carbonyl (C=O) groups is 1. The molecule has 2 fully saturated rings. The number of aromatic nitrogens is 5. The van der Waals surface area contributed by atoms with Gasteiger partial charge in [-0.25, -0.2) is 15.0 Å². The number of benzene rings is 1. The number of carbonyl (C=O) groups excluding carboxylic acids is 1. The Balaban J connectivity index is 1.21. The summed E-state index contributed by atoms with van der Waals surface area (Å²) in [5, 5.41) is 6.64. The zero-order valence-corrected chi connectivity index (χ0v) is 24.5. The molecule has 1 amide bonds. The standard InChI is InChI=1S/C30H39N11O/c1-19(2)35-29-26(23-16-32-17-24-25(23)34-18-33-24)37-27(28(31)42)30(38-29)36-20-4-6-21(7-5-20)40-10-8-22(9-11-40)41-14-12-39(3)13-15-41/h4-7,16-19,22H,8-15H2,1-3H3,(H2,31,42)(H,33,34)(H2,35,36,38). The number of amides is 1. The number of nitrogens with zero attached hydrogens (tertiary/aromatic N) is 7. The van der Waals surface area contributed by atoms with E-state index in [1.54, 1.807) is 18.7 Å². The maximum absolute atomic E-state index is 12.6. The molecule has 42 heavy (non-hydrogen) atoms. The van der Waals surface area contributed by atoms with E-state index in [4.69, 9.17) is 15.7 Å². The Morgan fingerprint density at radius 2 is 1.74 bits per heavy atom. The third-order valence-corrected chi connectivity index (χ3v) is 8.15. The number of imidazole rings is 1. The molecular formula is C30H39N11O. The summed E-state index contributed by atoms with van der Waals surface area (Å²) in [4.78, 5) is 41.4. The summed E-state index contributed by atoms with van der Waals surface area (Å²) in [6, 6.07) is 8.98. The average Bonchev–Trinajstić information content (AvgIpc) is 3.47. The molecular weight excluding hydrogens is 530 g/mol. The first-order chi connectivity index (χ1) is 20.4. The number of nitrogens with two attached hydrogens (primary N) is 1. The van der Waals surface area contributed by atoms with Gasteiger partial charge in [0.15, 0.2) is 17.3 Å². The number of anilines is 4. The van der Waals surface area contributed by atoms with Crippen molar-refractivity contribution in [2.45, 2.75) is 38.8 Å². The highest BCUT2D eigenvalue weighted by molar-refractivity contribution is 5.99. The van der Waals surface area contributed by atoms with Gasteiger partial charge in [-0.15, -0.1) is 0 Å². The fourth-order valence-electron chi connectivity index (χ4n) is 5.86. The van der Waals surface area contributed by atoms with Crippen LogP contribution in [0.25, 0.3) is 22.3 Å². The van der Waals surface area contributed by atoms with Gasteiger partial charge >= 0.3 is 0 Å². The van der Waals surface area contributed by atoms with Gasteiger partial charge < -0.3 is 31.2 Å². The zero-order valence-electron chi connectivity index (χ0n) is 24.5. The predicted octanol–water partition coefficient (Wildman–Crippen LogP) is 3.29. The normalized spacial score (nSPS) is 17.2. The highest BCUT2D eigenvalue weighted by atomic mass is 16.1. The molecule has 0 radical (unpaired) electrons. The van der Waals surface area contributed by atoms with Gasteiger partial charge in [0.25, 0.3) is 5.91 Å². The first-order valence-corrected chi connectivity index (χ1v) is 14.7. The topological polar surface area (TPSA) is 144 Å². The number of primary amides is 1. The SMILES string of the molecule is CC(C)Nc1nc(Nc2ccc(N3CCC(N4CCN(C)CC4)CC3)cc2)c(C(N)=O)nc1-c1cncc2[nH]cnc12. The highest BCUT2D eigenvalue weighted by Gasteiger charge is 2.27. The number of pyridine rings is 1. The van der Waals surface area contributed by atoms with Crippen molar-refractivity contribution in [1.29, 1.82) is 0 Å². The molecule has 0 bridgehead atoms. The summed E-state index contributed by atoms with van der Waals surface area (Å²) in [5.41, 5.74) is 10.4. The second-order valence-electron chi connectivity index (χ2n) is 11.5. The van der Waals surface area contributed by atoms with Crippen LogP contribution in [0.4, 0.5) is 23.0 Å². The Hall–Kier alpha value is -4.29. The minimum atomic E-state index is -0.677. The first-order valence-electron chi connectivity index (χ1n) is 14.7. The summed E-state index contributed by atoms with van der Waals surface area (Å²) < 4.78 is 0. The predicted molar refractivity (Wildman–Crippen MR) is 166 cm³/mol. The van der Waals surface area contributed by atoms with E-state index in [9.17, 15) is 4.79 Å². The van der Waals surface area contributed by atoms with E-state index in [1.807, 2.05) is 26.0 Å². The molecule has 5 N–H and O–H groups in total. The highest BCUT2D eigenvalue weighted by Crippen LogP contribution is 2.33. The van der Waals surface area contributed by atoms with Crippen LogP contribution in [0.5, 0.6) is 0 Å². The number of fused-ring (bicyclic) bond motifs is 1. The Morgan fingerprint density at radius 1 is 1.00 bits per heavy atom. The van der Waals surface area contributed by atoms with Crippen LogP contribution in [0.1, 0.15) is 37.2 Å². The third kappa shape index (κ3) is 5.86. The smallest absolute Gasteiger partial charge is 0.271 e. The summed E-state index contributed by atoms with van der Waals surface area (Å²) >= 11 is 0. The van der Waals surface area contributed by atoms with Crippen molar-refractivity contribution >= 4 is 40.0 Å². The van der Waals surface area contributed by atoms with Crippen molar-refractivity contribution in [3.8, 4) is 11.3 Å². The minimum Gasteiger partial charge on any atom is -0.371 e. The molecule has 5 heterocycles. The molecule has 0 saturated carbocycles. The lowest BCUT2D eigenvalue weighted by Crippen LogP contribution is -2.52. The van der Waals surface area contributed by atoms with Gasteiger partial charge in [-0.05, 0) is 58.0 Å². The van der Waals surface area contributed by atoms with E-state index >= 15 is 0 Å². The van der Waals surface area contributed by atoms with Crippen LogP contribution in [-0.2, 0) is 0 Å². The van der Waals surface area contributed by atoms with Crippen LogP contribution in [0, 0.1) is 0 Å². The lowest BCUT2D eigenvalue weighted by Gasteiger charge is -2.42. The number of hydrogen-bond donors (Lipinski definition) is 4. The Kier molecular flexibility index (Phi) is 7.90. The Morgan fingerprint density at radius 3 is 2.43 bits per heavy atom. The zero-order chi connectivity index (χ0) is 29.2. The molecule has 3 aromatic heterocycles. The van der Waals surface area contributed by atoms with E-state index in [1.165, 1.54) is 31.6 Å². The van der Waals surface area contributed by atoms with E-state index in [0.29, 0.717) is 28.6 Å². The number of likely N-dealkylation sites (N-methyl/N-ethyl adjacent to an activating group) is 1. The van der Waals surface area contributed by atoms with Crippen molar-refractivity contribution in [3.63, 3.8) is 0 Å². The molecule has 12 nitrogen and oxygen atoms in total. The molecule has 220 valence electrons. The van der Waals surface area contributed by atoms with E-state index in [0.717, 1.165) is 37.4 Å². The van der Waals surface area contributed by atoms with Crippen molar-refractivity contribution in [2.75, 3.05) is 61.8 Å². The summed E-state index contributed by atoms with van der Waals surface area (Å²) in [6.07, 6.45) is 7.33. The van der Waals surface area contributed by atoms with E-state index in [-0.39, 0.29) is 17.6 Å². The number of piperazine rings is 1. The molecule has 0 unspecified atom stereocenters. The van der Waals surface area contributed by atoms with Gasteiger partial charge in [0, 0.05) is 68.9 Å². The quantitative estimate of drug-likeness (QED) is 0.249. The molecule has 0 aliphatic carbocycles. The molecule has 6 rings (SSSR count). The second-order valence-corrected chi connectivity index (χ2v) is 11.5. The number of aromatic amines is 1. The summed E-state index contributed by atoms with van der Waals surface area (Å²) in [7, 11) is 2.21. The van der Waals surface area contributed by atoms with Crippen LogP contribution in [-0.4, -0.2) is 99.0 Å². The largest absolute Gasteiger partial charge is 0.371 e. The maximum Gasteiger partial charge on any atom is 0.271 e. The van der Waals surface area contributed by atoms with Gasteiger partial charge in [0.05, 0.1) is 23.6 Å². The first kappa shape index (κ1) is 27.9. The average molecular weight is 570 g/mol. The van der Waals surface area contributed by atoms with Crippen LogP contribution >= 0.6 is 0 Å². The number of hydrogen-bond acceptors (Lipinski definition) is 10. The number of rotatable bonds is 8. The van der Waals surface area contributed by atoms with E-state index < -0.39 is 5.91 Å². The third-order valence-electron chi connectivity index (χ3n) is 8.15. The van der Waals surface area contributed by atoms with Gasteiger partial charge in [-0.1, -0.05) is 0 Å². The molecule has 2 aliphatic heterocycles. The van der Waals surface area contributed by atoms with Crippen LogP contribution in [0.15, 0.2) is 43.0 Å².